The molecule has 0 spiro atoms. The third-order valence-electron chi connectivity index (χ3n) is 5.42. The molecule has 1 aromatic carbocycles. The van der Waals surface area contributed by atoms with Crippen LogP contribution >= 0.6 is 0 Å². The number of nitrogens with one attached hydrogen (secondary N) is 1. The Balaban J connectivity index is 1.41. The van der Waals surface area contributed by atoms with Crippen molar-refractivity contribution in [1.29, 1.82) is 0 Å². The second-order valence-corrected chi connectivity index (χ2v) is 7.16. The van der Waals surface area contributed by atoms with Crippen molar-refractivity contribution < 1.29 is 23.9 Å². The van der Waals surface area contributed by atoms with Crippen molar-refractivity contribution in [3.05, 3.63) is 48.2 Å². The van der Waals surface area contributed by atoms with Gasteiger partial charge in [-0.3, -0.25) is 24.1 Å². The fraction of sp³-hybridized carbons (Fsp3) is 0.333. The van der Waals surface area contributed by atoms with Crippen LogP contribution in [0.25, 0.3) is 10.9 Å². The van der Waals surface area contributed by atoms with Crippen LogP contribution in [-0.4, -0.2) is 46.1 Å². The lowest BCUT2D eigenvalue weighted by atomic mass is 9.85. The van der Waals surface area contributed by atoms with Gasteiger partial charge in [-0.2, -0.15) is 0 Å². The van der Waals surface area contributed by atoms with Crippen molar-refractivity contribution >= 4 is 34.5 Å². The summed E-state index contributed by atoms with van der Waals surface area (Å²) in [7, 11) is 0. The molecule has 2 aliphatic rings. The summed E-state index contributed by atoms with van der Waals surface area (Å²) in [5.41, 5.74) is 1.25. The number of carbonyl (C=O) groups excluding carboxylic acids is 4. The number of hydrogen-bond acceptors (Lipinski definition) is 5. The first kappa shape index (κ1) is 18.2. The van der Waals surface area contributed by atoms with Crippen LogP contribution in [0, 0.1) is 11.8 Å². The number of nitrogens with zero attached hydrogens (tertiary/aromatic N) is 1. The van der Waals surface area contributed by atoms with Gasteiger partial charge in [-0.25, -0.2) is 0 Å². The average molecular weight is 380 g/mol. The Morgan fingerprint density at radius 2 is 1.79 bits per heavy atom. The molecule has 0 bridgehead atoms. The molecule has 1 aliphatic carbocycles. The molecule has 0 unspecified atom stereocenters. The van der Waals surface area contributed by atoms with E-state index in [0.29, 0.717) is 18.4 Å². The highest BCUT2D eigenvalue weighted by atomic mass is 16.5. The van der Waals surface area contributed by atoms with Gasteiger partial charge in [0.1, 0.15) is 6.54 Å². The zero-order valence-corrected chi connectivity index (χ0v) is 15.4. The number of esters is 1. The summed E-state index contributed by atoms with van der Waals surface area (Å²) in [6.45, 7) is 1.02. The minimum atomic E-state index is -1.02. The number of benzene rings is 1. The maximum Gasteiger partial charge on any atom is 0.326 e. The minimum absolute atomic E-state index is 0.341. The van der Waals surface area contributed by atoms with Crippen molar-refractivity contribution in [3.63, 3.8) is 0 Å². The fourth-order valence-corrected chi connectivity index (χ4v) is 3.94. The third kappa shape index (κ3) is 3.02. The first-order valence-corrected chi connectivity index (χ1v) is 9.27. The summed E-state index contributed by atoms with van der Waals surface area (Å²) >= 11 is 0. The SMILES string of the molecule is C[C@H](OC(=O)CN1C(=O)[C@H]2CC=CC[C@@H]2C1=O)C(=O)c1c[nH]c2ccccc12. The monoisotopic (exact) mass is 380 g/mol. The fourth-order valence-electron chi connectivity index (χ4n) is 3.94. The van der Waals surface area contributed by atoms with Gasteiger partial charge in [0.25, 0.3) is 0 Å². The molecule has 0 radical (unpaired) electrons. The van der Waals surface area contributed by atoms with Crippen LogP contribution < -0.4 is 0 Å². The number of H-pyrrole nitrogens is 1. The van der Waals surface area contributed by atoms with E-state index in [-0.39, 0.29) is 17.6 Å². The van der Waals surface area contributed by atoms with E-state index >= 15 is 0 Å². The van der Waals surface area contributed by atoms with Crippen LogP contribution in [0.2, 0.25) is 0 Å². The van der Waals surface area contributed by atoms with Crippen LogP contribution in [0.15, 0.2) is 42.6 Å². The first-order chi connectivity index (χ1) is 13.5. The first-order valence-electron chi connectivity index (χ1n) is 9.27. The van der Waals surface area contributed by atoms with Gasteiger partial charge in [-0.1, -0.05) is 30.4 Å². The number of ketones is 1. The Kier molecular flexibility index (Phi) is 4.58. The lowest BCUT2D eigenvalue weighted by Crippen LogP contribution is -2.38. The lowest BCUT2D eigenvalue weighted by molar-refractivity contribution is -0.154. The molecule has 2 heterocycles. The van der Waals surface area contributed by atoms with E-state index in [1.807, 2.05) is 36.4 Å². The molecule has 0 saturated carbocycles. The number of aromatic nitrogens is 1. The molecule has 3 atom stereocenters. The largest absolute Gasteiger partial charge is 0.453 e. The van der Waals surface area contributed by atoms with Gasteiger partial charge in [0.05, 0.1) is 11.8 Å². The highest BCUT2D eigenvalue weighted by Crippen LogP contribution is 2.34. The summed E-state index contributed by atoms with van der Waals surface area (Å²) in [5.74, 6) is -2.58. The van der Waals surface area contributed by atoms with E-state index < -0.39 is 30.5 Å². The molecule has 1 aliphatic heterocycles. The van der Waals surface area contributed by atoms with Crippen molar-refractivity contribution in [1.82, 2.24) is 9.88 Å². The average Bonchev–Trinajstić information content (AvgIpc) is 3.23. The number of carbonyl (C=O) groups is 4. The zero-order valence-electron chi connectivity index (χ0n) is 15.4. The topological polar surface area (TPSA) is 96.5 Å². The molecule has 28 heavy (non-hydrogen) atoms. The Morgan fingerprint density at radius 3 is 2.46 bits per heavy atom. The molecule has 1 N–H and O–H groups in total. The van der Waals surface area contributed by atoms with E-state index in [1.54, 1.807) is 6.20 Å². The van der Waals surface area contributed by atoms with Crippen LogP contribution in [0.5, 0.6) is 0 Å². The van der Waals surface area contributed by atoms with E-state index in [1.165, 1.54) is 6.92 Å². The van der Waals surface area contributed by atoms with Gasteiger partial charge in [-0.05, 0) is 25.8 Å². The van der Waals surface area contributed by atoms with Crippen LogP contribution in [-0.2, 0) is 19.1 Å². The quantitative estimate of drug-likeness (QED) is 0.371. The number of hydrogen-bond donors (Lipinski definition) is 1. The number of imide groups is 1. The third-order valence-corrected chi connectivity index (χ3v) is 5.42. The maximum atomic E-state index is 12.7. The van der Waals surface area contributed by atoms with Gasteiger partial charge in [0.2, 0.25) is 17.6 Å². The molecular weight excluding hydrogens is 360 g/mol. The number of ether oxygens (including phenoxy) is 1. The molecule has 2 amide bonds. The van der Waals surface area contributed by atoms with Crippen molar-refractivity contribution in [3.8, 4) is 0 Å². The number of aromatic amines is 1. The van der Waals surface area contributed by atoms with Gasteiger partial charge in [0.15, 0.2) is 6.10 Å². The molecule has 1 aromatic heterocycles. The summed E-state index contributed by atoms with van der Waals surface area (Å²) in [6.07, 6.45) is 5.35. The van der Waals surface area contributed by atoms with E-state index in [4.69, 9.17) is 4.74 Å². The summed E-state index contributed by atoms with van der Waals surface area (Å²) < 4.78 is 5.23. The molecule has 4 rings (SSSR count). The van der Waals surface area contributed by atoms with Crippen LogP contribution in [0.4, 0.5) is 0 Å². The standard InChI is InChI=1S/C21H20N2O5/c1-12(19(25)16-10-22-17-9-5-4-6-13(16)17)28-18(24)11-23-20(26)14-7-2-3-8-15(14)21(23)27/h2-6,9-10,12,14-15,22H,7-8,11H2,1H3/t12-,14-,15-/m0/s1. The second kappa shape index (κ2) is 7.07. The predicted octanol–water partition coefficient (Wildman–Crippen LogP) is 2.23. The molecule has 7 heteroatoms. The van der Waals surface area contributed by atoms with Gasteiger partial charge in [-0.15, -0.1) is 0 Å². The number of likely N-dealkylation sites (tertiary alicyclic amines) is 1. The van der Waals surface area contributed by atoms with Gasteiger partial charge >= 0.3 is 5.97 Å². The summed E-state index contributed by atoms with van der Waals surface area (Å²) in [6, 6.07) is 7.34. The molecular formula is C21H20N2O5. The zero-order chi connectivity index (χ0) is 19.8. The molecule has 7 nitrogen and oxygen atoms in total. The normalized spacial score (nSPS) is 22.4. The maximum absolute atomic E-state index is 12.7. The number of fused-ring (bicyclic) bond motifs is 2. The highest BCUT2D eigenvalue weighted by Gasteiger charge is 2.47. The second-order valence-electron chi connectivity index (χ2n) is 7.16. The van der Waals surface area contributed by atoms with E-state index in [9.17, 15) is 19.2 Å². The van der Waals surface area contributed by atoms with Crippen molar-refractivity contribution in [2.45, 2.75) is 25.9 Å². The van der Waals surface area contributed by atoms with E-state index in [2.05, 4.69) is 4.98 Å². The van der Waals surface area contributed by atoms with E-state index in [0.717, 1.165) is 15.8 Å². The Bertz CT molecular complexity index is 979. The van der Waals surface area contributed by atoms with Crippen LogP contribution in [0.3, 0.4) is 0 Å². The Hall–Kier alpha value is -3.22. The predicted molar refractivity (Wildman–Crippen MR) is 100 cm³/mol. The van der Waals surface area contributed by atoms with Crippen molar-refractivity contribution in [2.24, 2.45) is 11.8 Å². The summed E-state index contributed by atoms with van der Waals surface area (Å²) in [4.78, 5) is 53.8. The lowest BCUT2D eigenvalue weighted by Gasteiger charge is -2.16. The van der Waals surface area contributed by atoms with Crippen molar-refractivity contribution in [2.75, 3.05) is 6.54 Å². The molecule has 2 aromatic rings. The highest BCUT2D eigenvalue weighted by molar-refractivity contribution is 6.10. The van der Waals surface area contributed by atoms with Gasteiger partial charge < -0.3 is 9.72 Å². The van der Waals surface area contributed by atoms with Crippen LogP contribution in [0.1, 0.15) is 30.1 Å². The number of amides is 2. The molecule has 1 saturated heterocycles. The summed E-state index contributed by atoms with van der Waals surface area (Å²) in [5, 5.41) is 0.747. The number of Topliss-reactive ketones (excluding diaryl/α,β-unsaturated/α-hetero) is 1. The molecule has 1 fully saturated rings. The minimum Gasteiger partial charge on any atom is -0.453 e. The Morgan fingerprint density at radius 1 is 1.14 bits per heavy atom. The molecule has 144 valence electrons. The number of rotatable bonds is 5. The number of para-hydroxylation sites is 1. The number of allylic oxidation sites excluding steroid dienone is 2. The smallest absolute Gasteiger partial charge is 0.326 e. The van der Waals surface area contributed by atoms with Gasteiger partial charge in [0, 0.05) is 22.7 Å². The Labute approximate surface area is 161 Å².